The van der Waals surface area contributed by atoms with Gasteiger partial charge in [-0.2, -0.15) is 0 Å². The monoisotopic (exact) mass is 590 g/mol. The molecule has 7 aromatic carbocycles. The molecule has 0 saturated heterocycles. The number of allylic oxidation sites excluding steroid dienone is 3. The number of fused-ring (bicyclic) bond motifs is 7. The summed E-state index contributed by atoms with van der Waals surface area (Å²) in [4.78, 5) is 9.02. The largest absolute Gasteiger partial charge is 0.436 e. The van der Waals surface area contributed by atoms with E-state index in [1.165, 1.54) is 32.3 Å². The van der Waals surface area contributed by atoms with E-state index in [2.05, 4.69) is 115 Å². The van der Waals surface area contributed by atoms with Crippen molar-refractivity contribution in [2.24, 2.45) is 4.99 Å². The number of aliphatic imine (C=N–C) groups is 1. The summed E-state index contributed by atoms with van der Waals surface area (Å²) >= 11 is 0. The Morgan fingerprint density at radius 2 is 1.22 bits per heavy atom. The Morgan fingerprint density at radius 1 is 0.609 bits per heavy atom. The Hall–Kier alpha value is -6.06. The fraction of sp³-hybridized carbons (Fsp3) is 0.0233. The number of hydrogen-bond donors (Lipinski definition) is 0. The van der Waals surface area contributed by atoms with E-state index in [4.69, 9.17) is 9.40 Å². The van der Waals surface area contributed by atoms with E-state index in [-0.39, 0.29) is 0 Å². The van der Waals surface area contributed by atoms with Crippen LogP contribution in [0.25, 0.3) is 82.7 Å². The van der Waals surface area contributed by atoms with Gasteiger partial charge in [-0.1, -0.05) is 115 Å². The molecule has 1 heterocycles. The number of hydrogen-bond acceptors (Lipinski definition) is 3. The Labute approximate surface area is 267 Å². The van der Waals surface area contributed by atoms with Gasteiger partial charge >= 0.3 is 0 Å². The molecule has 3 heteroatoms. The van der Waals surface area contributed by atoms with E-state index in [1.807, 2.05) is 49.4 Å². The van der Waals surface area contributed by atoms with Gasteiger partial charge in [-0.05, 0) is 104 Å². The van der Waals surface area contributed by atoms with E-state index < -0.39 is 0 Å². The molecule has 218 valence electrons. The smallest absolute Gasteiger partial charge is 0.227 e. The van der Waals surface area contributed by atoms with E-state index in [1.54, 1.807) is 6.20 Å². The van der Waals surface area contributed by atoms with Gasteiger partial charge in [0.1, 0.15) is 5.52 Å². The quantitative estimate of drug-likeness (QED) is 0.110. The van der Waals surface area contributed by atoms with Gasteiger partial charge < -0.3 is 4.42 Å². The minimum Gasteiger partial charge on any atom is -0.436 e. The lowest BCUT2D eigenvalue weighted by Gasteiger charge is -2.13. The van der Waals surface area contributed by atoms with Crippen molar-refractivity contribution >= 4 is 55.7 Å². The molecule has 0 saturated carbocycles. The minimum atomic E-state index is 0.608. The summed E-state index contributed by atoms with van der Waals surface area (Å²) in [7, 11) is 0. The molecule has 0 spiro atoms. The van der Waals surface area contributed by atoms with Crippen molar-refractivity contribution in [1.29, 1.82) is 0 Å². The van der Waals surface area contributed by atoms with Gasteiger partial charge in [0.2, 0.25) is 5.89 Å². The third-order valence-electron chi connectivity index (χ3n) is 8.70. The van der Waals surface area contributed by atoms with E-state index in [0.29, 0.717) is 5.89 Å². The predicted octanol–water partition coefficient (Wildman–Crippen LogP) is 11.9. The molecular formula is C43H30N2O. The van der Waals surface area contributed by atoms with Crippen LogP contribution < -0.4 is 0 Å². The summed E-state index contributed by atoms with van der Waals surface area (Å²) in [5.74, 6) is 0.608. The van der Waals surface area contributed by atoms with Crippen LogP contribution in [0, 0.1) is 0 Å². The molecule has 1 aromatic heterocycles. The van der Waals surface area contributed by atoms with Crippen LogP contribution in [0.4, 0.5) is 0 Å². The first-order valence-electron chi connectivity index (χ1n) is 15.4. The summed E-state index contributed by atoms with van der Waals surface area (Å²) in [6.07, 6.45) is 5.83. The van der Waals surface area contributed by atoms with E-state index >= 15 is 0 Å². The van der Waals surface area contributed by atoms with Crippen molar-refractivity contribution in [3.63, 3.8) is 0 Å². The number of benzene rings is 7. The van der Waals surface area contributed by atoms with Crippen LogP contribution in [0.1, 0.15) is 12.5 Å². The van der Waals surface area contributed by atoms with Gasteiger partial charge in [0.05, 0.1) is 0 Å². The van der Waals surface area contributed by atoms with Crippen molar-refractivity contribution < 1.29 is 4.42 Å². The average Bonchev–Trinajstić information content (AvgIpc) is 3.56. The molecule has 0 aliphatic heterocycles. The summed E-state index contributed by atoms with van der Waals surface area (Å²) in [6, 6.07) is 47.2. The highest BCUT2D eigenvalue weighted by Gasteiger charge is 2.17. The van der Waals surface area contributed by atoms with Crippen molar-refractivity contribution in [3.8, 4) is 33.7 Å². The van der Waals surface area contributed by atoms with Gasteiger partial charge in [-0.25, -0.2) is 4.98 Å². The standard InChI is InChI=1S/C43H30N2O/c1-3-11-32(27-44-2)28-18-20-29(21-19-28)39-25-33(26-41-42(39)45-43(46-41)30-12-5-4-6-13-30)31-22-23-38-36-16-8-7-14-34(36)35-15-9-10-17-37(35)40(38)24-31/h3-27H,2H2,1H3/b11-3-,32-27+. The lowest BCUT2D eigenvalue weighted by molar-refractivity contribution is 0.620. The molecule has 0 fully saturated rings. The van der Waals surface area contributed by atoms with Crippen LogP contribution in [-0.4, -0.2) is 11.7 Å². The van der Waals surface area contributed by atoms with E-state index in [9.17, 15) is 0 Å². The zero-order chi connectivity index (χ0) is 31.0. The molecule has 0 radical (unpaired) electrons. The van der Waals surface area contributed by atoms with Crippen molar-refractivity contribution in [2.45, 2.75) is 6.92 Å². The molecule has 0 unspecified atom stereocenters. The molecule has 0 atom stereocenters. The second-order valence-electron chi connectivity index (χ2n) is 11.5. The molecule has 3 nitrogen and oxygen atoms in total. The van der Waals surface area contributed by atoms with Crippen LogP contribution in [0.5, 0.6) is 0 Å². The predicted molar refractivity (Wildman–Crippen MR) is 195 cm³/mol. The SMILES string of the molecule is C=N/C=C(\C=C/C)c1ccc(-c2cc(-c3ccc4c5ccccc5c5ccccc5c4c3)cc3oc(-c4ccccc4)nc23)cc1. The highest BCUT2D eigenvalue weighted by molar-refractivity contribution is 6.25. The summed E-state index contributed by atoms with van der Waals surface area (Å²) < 4.78 is 6.47. The van der Waals surface area contributed by atoms with Gasteiger partial charge in [0.15, 0.2) is 5.58 Å². The lowest BCUT2D eigenvalue weighted by Crippen LogP contribution is -1.88. The number of aromatic nitrogens is 1. The van der Waals surface area contributed by atoms with Gasteiger partial charge in [-0.15, -0.1) is 0 Å². The number of nitrogens with zero attached hydrogens (tertiary/aromatic N) is 2. The maximum Gasteiger partial charge on any atom is 0.227 e. The second kappa shape index (κ2) is 11.5. The molecule has 0 N–H and O–H groups in total. The highest BCUT2D eigenvalue weighted by Crippen LogP contribution is 2.40. The topological polar surface area (TPSA) is 38.4 Å². The zero-order valence-corrected chi connectivity index (χ0v) is 25.4. The average molecular weight is 591 g/mol. The first-order valence-corrected chi connectivity index (χ1v) is 15.4. The van der Waals surface area contributed by atoms with Crippen LogP contribution in [0.3, 0.4) is 0 Å². The Bertz CT molecular complexity index is 2450. The fourth-order valence-electron chi connectivity index (χ4n) is 6.54. The van der Waals surface area contributed by atoms with E-state index in [0.717, 1.165) is 50.1 Å². The third-order valence-corrected chi connectivity index (χ3v) is 8.70. The Morgan fingerprint density at radius 3 is 1.87 bits per heavy atom. The van der Waals surface area contributed by atoms with Gasteiger partial charge in [0.25, 0.3) is 0 Å². The second-order valence-corrected chi connectivity index (χ2v) is 11.5. The summed E-state index contributed by atoms with van der Waals surface area (Å²) in [6.45, 7) is 5.65. The molecule has 46 heavy (non-hydrogen) atoms. The molecular weight excluding hydrogens is 560 g/mol. The highest BCUT2D eigenvalue weighted by atomic mass is 16.3. The lowest BCUT2D eigenvalue weighted by atomic mass is 9.91. The van der Waals surface area contributed by atoms with Crippen molar-refractivity contribution in [3.05, 3.63) is 157 Å². The van der Waals surface area contributed by atoms with Crippen molar-refractivity contribution in [1.82, 2.24) is 4.98 Å². The first kappa shape index (κ1) is 27.5. The minimum absolute atomic E-state index is 0.608. The maximum absolute atomic E-state index is 6.47. The Balaban J connectivity index is 1.35. The molecule has 8 rings (SSSR count). The van der Waals surface area contributed by atoms with Crippen LogP contribution in [-0.2, 0) is 0 Å². The molecule has 8 aromatic rings. The number of rotatable bonds is 6. The van der Waals surface area contributed by atoms with Crippen LogP contribution in [0.2, 0.25) is 0 Å². The van der Waals surface area contributed by atoms with Gasteiger partial charge in [-0.3, -0.25) is 4.99 Å². The molecule has 0 bridgehead atoms. The Kier molecular flexibility index (Phi) is 6.85. The van der Waals surface area contributed by atoms with Crippen LogP contribution in [0.15, 0.2) is 161 Å². The third kappa shape index (κ3) is 4.70. The van der Waals surface area contributed by atoms with Crippen molar-refractivity contribution in [2.75, 3.05) is 0 Å². The maximum atomic E-state index is 6.47. The zero-order valence-electron chi connectivity index (χ0n) is 25.4. The van der Waals surface area contributed by atoms with Gasteiger partial charge in [0, 0.05) is 17.3 Å². The first-order chi connectivity index (χ1) is 22.7. The molecule has 0 amide bonds. The summed E-state index contributed by atoms with van der Waals surface area (Å²) in [5.41, 5.74) is 8.90. The number of oxazole rings is 1. The molecule has 0 aliphatic carbocycles. The van der Waals surface area contributed by atoms with Crippen LogP contribution >= 0.6 is 0 Å². The fourth-order valence-corrected chi connectivity index (χ4v) is 6.54. The molecule has 0 aliphatic rings. The summed E-state index contributed by atoms with van der Waals surface area (Å²) in [5, 5.41) is 7.54. The normalized spacial score (nSPS) is 12.2.